The summed E-state index contributed by atoms with van der Waals surface area (Å²) in [6, 6.07) is 14.0. The first kappa shape index (κ1) is 12.3. The van der Waals surface area contributed by atoms with Crippen molar-refractivity contribution < 1.29 is 14.6 Å². The molecule has 0 heterocycles. The van der Waals surface area contributed by atoms with Gasteiger partial charge in [0.2, 0.25) is 0 Å². The Labute approximate surface area is 106 Å². The molecule has 0 atom stereocenters. The largest absolute Gasteiger partial charge is 0.507 e. The van der Waals surface area contributed by atoms with E-state index in [1.54, 1.807) is 49.6 Å². The van der Waals surface area contributed by atoms with Gasteiger partial charge in [0.15, 0.2) is 5.78 Å². The molecule has 3 heteroatoms. The van der Waals surface area contributed by atoms with Crippen molar-refractivity contribution in [3.05, 3.63) is 65.2 Å². The molecule has 18 heavy (non-hydrogen) atoms. The van der Waals surface area contributed by atoms with Crippen LogP contribution in [0.15, 0.2) is 48.5 Å². The topological polar surface area (TPSA) is 46.5 Å². The highest BCUT2D eigenvalue weighted by Crippen LogP contribution is 2.25. The van der Waals surface area contributed by atoms with Crippen LogP contribution >= 0.6 is 0 Å². The van der Waals surface area contributed by atoms with Crippen LogP contribution in [0.3, 0.4) is 0 Å². The number of rotatable bonds is 4. The van der Waals surface area contributed by atoms with E-state index in [0.717, 1.165) is 0 Å². The zero-order valence-electron chi connectivity index (χ0n) is 10.1. The van der Waals surface area contributed by atoms with E-state index in [-0.39, 0.29) is 18.1 Å². The van der Waals surface area contributed by atoms with Gasteiger partial charge < -0.3 is 9.84 Å². The molecule has 0 saturated carbocycles. The molecule has 0 amide bonds. The minimum absolute atomic E-state index is 0.00629. The number of para-hydroxylation sites is 1. The van der Waals surface area contributed by atoms with Gasteiger partial charge in [0, 0.05) is 18.2 Å². The van der Waals surface area contributed by atoms with Crippen molar-refractivity contribution in [2.45, 2.75) is 6.61 Å². The predicted octanol–water partition coefficient (Wildman–Crippen LogP) is 2.77. The molecule has 0 saturated heterocycles. The Morgan fingerprint density at radius 3 is 2.50 bits per heavy atom. The second-order valence-corrected chi connectivity index (χ2v) is 3.94. The van der Waals surface area contributed by atoms with Crippen molar-refractivity contribution >= 4 is 5.78 Å². The molecular weight excluding hydrogens is 228 g/mol. The molecular formula is C15H14O3. The molecule has 0 aliphatic rings. The van der Waals surface area contributed by atoms with Crippen molar-refractivity contribution in [3.8, 4) is 5.75 Å². The Morgan fingerprint density at radius 1 is 1.11 bits per heavy atom. The molecule has 2 aromatic carbocycles. The van der Waals surface area contributed by atoms with Gasteiger partial charge in [0.25, 0.3) is 0 Å². The summed E-state index contributed by atoms with van der Waals surface area (Å²) in [6.07, 6.45) is 0. The van der Waals surface area contributed by atoms with Crippen LogP contribution in [0, 0.1) is 0 Å². The van der Waals surface area contributed by atoms with Gasteiger partial charge in [-0.2, -0.15) is 0 Å². The molecule has 0 fully saturated rings. The number of ketones is 1. The number of ether oxygens (including phenoxy) is 1. The molecule has 0 aliphatic carbocycles. The number of benzene rings is 2. The van der Waals surface area contributed by atoms with Crippen molar-refractivity contribution in [1.29, 1.82) is 0 Å². The van der Waals surface area contributed by atoms with E-state index in [2.05, 4.69) is 0 Å². The van der Waals surface area contributed by atoms with Crippen molar-refractivity contribution in [2.24, 2.45) is 0 Å². The SMILES string of the molecule is COCc1cccc(C(=O)c2ccccc2)c1O. The van der Waals surface area contributed by atoms with Crippen LogP contribution in [0.2, 0.25) is 0 Å². The lowest BCUT2D eigenvalue weighted by molar-refractivity contribution is 0.103. The first-order valence-electron chi connectivity index (χ1n) is 5.63. The van der Waals surface area contributed by atoms with Crippen LogP contribution in [-0.4, -0.2) is 18.0 Å². The highest BCUT2D eigenvalue weighted by molar-refractivity contribution is 6.10. The average Bonchev–Trinajstić information content (AvgIpc) is 2.42. The summed E-state index contributed by atoms with van der Waals surface area (Å²) in [4.78, 5) is 12.2. The van der Waals surface area contributed by atoms with E-state index in [0.29, 0.717) is 16.7 Å². The number of hydrogen-bond donors (Lipinski definition) is 1. The zero-order valence-corrected chi connectivity index (χ0v) is 10.1. The van der Waals surface area contributed by atoms with Gasteiger partial charge in [-0.05, 0) is 6.07 Å². The van der Waals surface area contributed by atoms with Gasteiger partial charge in [-0.15, -0.1) is 0 Å². The van der Waals surface area contributed by atoms with Crippen LogP contribution < -0.4 is 0 Å². The zero-order chi connectivity index (χ0) is 13.0. The second kappa shape index (κ2) is 5.47. The molecule has 92 valence electrons. The minimum atomic E-state index is -0.189. The summed E-state index contributed by atoms with van der Waals surface area (Å²) in [6.45, 7) is 0.280. The summed E-state index contributed by atoms with van der Waals surface area (Å²) in [5.74, 6) is -0.195. The van der Waals surface area contributed by atoms with E-state index in [9.17, 15) is 9.90 Å². The van der Waals surface area contributed by atoms with Gasteiger partial charge in [-0.1, -0.05) is 42.5 Å². The summed E-state index contributed by atoms with van der Waals surface area (Å²) in [5.41, 5.74) is 1.47. The first-order valence-corrected chi connectivity index (χ1v) is 5.63. The maximum Gasteiger partial charge on any atom is 0.196 e. The second-order valence-electron chi connectivity index (χ2n) is 3.94. The van der Waals surface area contributed by atoms with Crippen molar-refractivity contribution in [2.75, 3.05) is 7.11 Å². The molecule has 2 aromatic rings. The van der Waals surface area contributed by atoms with Crippen LogP contribution in [0.5, 0.6) is 5.75 Å². The molecule has 0 radical (unpaired) electrons. The highest BCUT2D eigenvalue weighted by Gasteiger charge is 2.15. The van der Waals surface area contributed by atoms with E-state index in [4.69, 9.17) is 4.74 Å². The molecule has 0 bridgehead atoms. The number of methoxy groups -OCH3 is 1. The Balaban J connectivity index is 2.40. The molecule has 3 nitrogen and oxygen atoms in total. The average molecular weight is 242 g/mol. The van der Waals surface area contributed by atoms with Crippen LogP contribution in [0.25, 0.3) is 0 Å². The van der Waals surface area contributed by atoms with Gasteiger partial charge in [-0.25, -0.2) is 0 Å². The Hall–Kier alpha value is -2.13. The molecule has 0 spiro atoms. The number of carbonyl (C=O) groups is 1. The van der Waals surface area contributed by atoms with Gasteiger partial charge in [0.1, 0.15) is 5.75 Å². The standard InChI is InChI=1S/C15H14O3/c1-18-10-12-8-5-9-13(15(12)17)14(16)11-6-3-2-4-7-11/h2-9,17H,10H2,1H3. The Kier molecular flexibility index (Phi) is 3.75. The van der Waals surface area contributed by atoms with E-state index in [1.807, 2.05) is 6.07 Å². The maximum atomic E-state index is 12.2. The highest BCUT2D eigenvalue weighted by atomic mass is 16.5. The molecule has 0 aromatic heterocycles. The third-order valence-electron chi connectivity index (χ3n) is 2.70. The molecule has 0 unspecified atom stereocenters. The quantitative estimate of drug-likeness (QED) is 0.838. The molecule has 0 aliphatic heterocycles. The fourth-order valence-corrected chi connectivity index (χ4v) is 1.79. The third-order valence-corrected chi connectivity index (χ3v) is 2.70. The summed E-state index contributed by atoms with van der Waals surface area (Å²) >= 11 is 0. The van der Waals surface area contributed by atoms with Gasteiger partial charge >= 0.3 is 0 Å². The number of phenolic OH excluding ortho intramolecular Hbond substituents is 1. The summed E-state index contributed by atoms with van der Waals surface area (Å²) < 4.78 is 4.98. The Bertz CT molecular complexity index is 547. The van der Waals surface area contributed by atoms with E-state index < -0.39 is 0 Å². The first-order chi connectivity index (χ1) is 8.74. The molecule has 1 N–H and O–H groups in total. The maximum absolute atomic E-state index is 12.2. The summed E-state index contributed by atoms with van der Waals surface area (Å²) in [7, 11) is 1.55. The number of carbonyl (C=O) groups excluding carboxylic acids is 1. The van der Waals surface area contributed by atoms with Crippen LogP contribution in [0.1, 0.15) is 21.5 Å². The number of phenols is 1. The van der Waals surface area contributed by atoms with Crippen LogP contribution in [-0.2, 0) is 11.3 Å². The Morgan fingerprint density at radius 2 is 1.83 bits per heavy atom. The fraction of sp³-hybridized carbons (Fsp3) is 0.133. The van der Waals surface area contributed by atoms with Crippen molar-refractivity contribution in [1.82, 2.24) is 0 Å². The monoisotopic (exact) mass is 242 g/mol. The van der Waals surface area contributed by atoms with E-state index >= 15 is 0 Å². The smallest absolute Gasteiger partial charge is 0.196 e. The molecule has 2 rings (SSSR count). The van der Waals surface area contributed by atoms with Crippen molar-refractivity contribution in [3.63, 3.8) is 0 Å². The predicted molar refractivity (Wildman–Crippen MR) is 68.7 cm³/mol. The third kappa shape index (κ3) is 2.41. The van der Waals surface area contributed by atoms with Gasteiger partial charge in [0.05, 0.1) is 12.2 Å². The number of hydrogen-bond acceptors (Lipinski definition) is 3. The lowest BCUT2D eigenvalue weighted by Crippen LogP contribution is -2.03. The summed E-state index contributed by atoms with van der Waals surface area (Å²) in [5, 5.41) is 10.1. The number of aromatic hydroxyl groups is 1. The minimum Gasteiger partial charge on any atom is -0.507 e. The van der Waals surface area contributed by atoms with E-state index in [1.165, 1.54) is 0 Å². The fourth-order valence-electron chi connectivity index (χ4n) is 1.79. The lowest BCUT2D eigenvalue weighted by Gasteiger charge is -2.08. The van der Waals surface area contributed by atoms with Gasteiger partial charge in [-0.3, -0.25) is 4.79 Å². The van der Waals surface area contributed by atoms with Crippen LogP contribution in [0.4, 0.5) is 0 Å². The lowest BCUT2D eigenvalue weighted by atomic mass is 10.0. The normalized spacial score (nSPS) is 10.3.